The van der Waals surface area contributed by atoms with Crippen LogP contribution in [-0.2, 0) is 17.9 Å². The number of nitrogens with zero attached hydrogens (tertiary/aromatic N) is 2. The van der Waals surface area contributed by atoms with Crippen molar-refractivity contribution in [2.24, 2.45) is 0 Å². The van der Waals surface area contributed by atoms with Crippen molar-refractivity contribution in [1.82, 2.24) is 9.13 Å². The Bertz CT molecular complexity index is 1430. The third-order valence-electron chi connectivity index (χ3n) is 5.21. The summed E-state index contributed by atoms with van der Waals surface area (Å²) in [7, 11) is 1.50. The van der Waals surface area contributed by atoms with E-state index in [1.807, 2.05) is 6.92 Å². The second-order valence-corrected chi connectivity index (χ2v) is 7.76. The van der Waals surface area contributed by atoms with Crippen LogP contribution in [0.4, 0.5) is 5.69 Å². The Labute approximate surface area is 188 Å². The minimum absolute atomic E-state index is 0.0576. The Morgan fingerprint density at radius 1 is 1.16 bits per heavy atom. The zero-order valence-electron chi connectivity index (χ0n) is 17.7. The number of para-hydroxylation sites is 1. The third kappa shape index (κ3) is 3.89. The van der Waals surface area contributed by atoms with Crippen molar-refractivity contribution < 1.29 is 13.9 Å². The Kier molecular flexibility index (Phi) is 6.05. The van der Waals surface area contributed by atoms with Crippen molar-refractivity contribution in [2.75, 3.05) is 12.4 Å². The van der Waals surface area contributed by atoms with Crippen molar-refractivity contribution in [3.63, 3.8) is 0 Å². The number of carbonyl (C=O) groups is 1. The standard InChI is InChI=1S/C23H22ClN3O5/c1-3-4-11-26-22(29)21-20(15-7-5-6-8-17(15)32-21)27(23(26)30)13-19(28)25-14-9-10-18(31-2)16(24)12-14/h5-10,12H,3-4,11,13H2,1-2H3,(H,25,28). The van der Waals surface area contributed by atoms with Gasteiger partial charge in [-0.1, -0.05) is 37.1 Å². The first kappa shape index (κ1) is 21.7. The van der Waals surface area contributed by atoms with Gasteiger partial charge in [-0.3, -0.25) is 18.7 Å². The molecule has 2 aromatic carbocycles. The number of unbranched alkanes of at least 4 members (excludes halogenated alkanes) is 1. The molecule has 0 aliphatic heterocycles. The SMILES string of the molecule is CCCCn1c(=O)c2oc3ccccc3c2n(CC(=O)Nc2ccc(OC)c(Cl)c2)c1=O. The normalized spacial score (nSPS) is 11.2. The molecule has 0 spiro atoms. The Morgan fingerprint density at radius 2 is 1.94 bits per heavy atom. The number of hydrogen-bond donors (Lipinski definition) is 1. The van der Waals surface area contributed by atoms with Crippen molar-refractivity contribution in [1.29, 1.82) is 0 Å². The average molecular weight is 456 g/mol. The molecule has 2 heterocycles. The number of ether oxygens (including phenoxy) is 1. The predicted octanol–water partition coefficient (Wildman–Crippen LogP) is 4.01. The molecule has 0 bridgehead atoms. The van der Waals surface area contributed by atoms with Gasteiger partial charge in [0.05, 0.1) is 12.1 Å². The smallest absolute Gasteiger partial charge is 0.332 e. The lowest BCUT2D eigenvalue weighted by Gasteiger charge is -2.12. The predicted molar refractivity (Wildman–Crippen MR) is 124 cm³/mol. The summed E-state index contributed by atoms with van der Waals surface area (Å²) in [5.41, 5.74) is 0.261. The summed E-state index contributed by atoms with van der Waals surface area (Å²) in [6.45, 7) is 1.92. The number of aromatic nitrogens is 2. The number of amides is 1. The lowest BCUT2D eigenvalue weighted by atomic mass is 10.2. The van der Waals surface area contributed by atoms with Gasteiger partial charge in [0, 0.05) is 17.6 Å². The topological polar surface area (TPSA) is 95.5 Å². The highest BCUT2D eigenvalue weighted by Crippen LogP contribution is 2.28. The van der Waals surface area contributed by atoms with E-state index in [1.54, 1.807) is 42.5 Å². The second-order valence-electron chi connectivity index (χ2n) is 7.35. The molecule has 8 nitrogen and oxygen atoms in total. The molecule has 0 unspecified atom stereocenters. The molecular weight excluding hydrogens is 434 g/mol. The molecular formula is C23H22ClN3O5. The van der Waals surface area contributed by atoms with Gasteiger partial charge < -0.3 is 14.5 Å². The number of halogens is 1. The molecule has 2 aromatic heterocycles. The molecule has 4 aromatic rings. The first-order chi connectivity index (χ1) is 15.4. The molecule has 1 amide bonds. The van der Waals surface area contributed by atoms with Gasteiger partial charge in [0.1, 0.15) is 23.4 Å². The highest BCUT2D eigenvalue weighted by atomic mass is 35.5. The molecule has 0 aliphatic carbocycles. The van der Waals surface area contributed by atoms with E-state index in [4.69, 9.17) is 20.8 Å². The molecule has 1 N–H and O–H groups in total. The first-order valence-electron chi connectivity index (χ1n) is 10.2. The van der Waals surface area contributed by atoms with Crippen LogP contribution >= 0.6 is 11.6 Å². The van der Waals surface area contributed by atoms with Crippen molar-refractivity contribution >= 4 is 45.3 Å². The largest absolute Gasteiger partial charge is 0.495 e. The molecule has 4 rings (SSSR count). The fourth-order valence-electron chi connectivity index (χ4n) is 3.64. The van der Waals surface area contributed by atoms with Gasteiger partial charge in [-0.15, -0.1) is 0 Å². The zero-order valence-corrected chi connectivity index (χ0v) is 18.4. The van der Waals surface area contributed by atoms with Crippen LogP contribution in [0.2, 0.25) is 5.02 Å². The second kappa shape index (κ2) is 8.92. The molecule has 9 heteroatoms. The molecule has 0 saturated carbocycles. The Balaban J connectivity index is 1.79. The quantitative estimate of drug-likeness (QED) is 0.454. The molecule has 166 valence electrons. The van der Waals surface area contributed by atoms with Crippen molar-refractivity contribution in [3.8, 4) is 5.75 Å². The maximum Gasteiger partial charge on any atom is 0.332 e. The van der Waals surface area contributed by atoms with Gasteiger partial charge in [0.25, 0.3) is 5.56 Å². The van der Waals surface area contributed by atoms with E-state index in [0.717, 1.165) is 11.0 Å². The number of nitrogens with one attached hydrogen (secondary N) is 1. The van der Waals surface area contributed by atoms with E-state index in [0.29, 0.717) is 39.4 Å². The summed E-state index contributed by atoms with van der Waals surface area (Å²) >= 11 is 6.13. The lowest BCUT2D eigenvalue weighted by molar-refractivity contribution is -0.116. The zero-order chi connectivity index (χ0) is 22.8. The molecule has 0 saturated heterocycles. The number of methoxy groups -OCH3 is 1. The van der Waals surface area contributed by atoms with Gasteiger partial charge in [-0.05, 0) is 36.8 Å². The van der Waals surface area contributed by atoms with Crippen molar-refractivity contribution in [3.05, 3.63) is 68.3 Å². The average Bonchev–Trinajstić information content (AvgIpc) is 3.17. The molecule has 0 atom stereocenters. The summed E-state index contributed by atoms with van der Waals surface area (Å²) < 4.78 is 13.3. The van der Waals surface area contributed by atoms with Crippen LogP contribution in [0.1, 0.15) is 19.8 Å². The number of fused-ring (bicyclic) bond motifs is 3. The van der Waals surface area contributed by atoms with Crippen LogP contribution in [0.25, 0.3) is 22.1 Å². The lowest BCUT2D eigenvalue weighted by Crippen LogP contribution is -2.41. The third-order valence-corrected chi connectivity index (χ3v) is 5.51. The van der Waals surface area contributed by atoms with Gasteiger partial charge in [-0.2, -0.15) is 0 Å². The fraction of sp³-hybridized carbons (Fsp3) is 0.261. The van der Waals surface area contributed by atoms with Crippen LogP contribution in [0.5, 0.6) is 5.75 Å². The van der Waals surface area contributed by atoms with E-state index in [9.17, 15) is 14.4 Å². The molecule has 32 heavy (non-hydrogen) atoms. The number of rotatable bonds is 7. The highest BCUT2D eigenvalue weighted by Gasteiger charge is 2.21. The summed E-state index contributed by atoms with van der Waals surface area (Å²) in [4.78, 5) is 39.1. The van der Waals surface area contributed by atoms with E-state index in [-0.39, 0.29) is 18.7 Å². The van der Waals surface area contributed by atoms with Gasteiger partial charge in [-0.25, -0.2) is 4.79 Å². The van der Waals surface area contributed by atoms with Crippen molar-refractivity contribution in [2.45, 2.75) is 32.9 Å². The van der Waals surface area contributed by atoms with Crippen LogP contribution < -0.4 is 21.3 Å². The number of benzene rings is 2. The maximum absolute atomic E-state index is 13.2. The Morgan fingerprint density at radius 3 is 2.66 bits per heavy atom. The monoisotopic (exact) mass is 455 g/mol. The number of anilines is 1. The summed E-state index contributed by atoms with van der Waals surface area (Å²) in [5, 5.41) is 3.68. The number of hydrogen-bond acceptors (Lipinski definition) is 5. The van der Waals surface area contributed by atoms with Gasteiger partial charge in [0.2, 0.25) is 11.5 Å². The van der Waals surface area contributed by atoms with Crippen LogP contribution in [-0.4, -0.2) is 22.2 Å². The molecule has 0 radical (unpaired) electrons. The number of furan rings is 1. The Hall–Kier alpha value is -3.52. The van der Waals surface area contributed by atoms with Crippen LogP contribution in [0.3, 0.4) is 0 Å². The summed E-state index contributed by atoms with van der Waals surface area (Å²) in [6, 6.07) is 11.9. The maximum atomic E-state index is 13.2. The fourth-order valence-corrected chi connectivity index (χ4v) is 3.90. The van der Waals surface area contributed by atoms with Gasteiger partial charge >= 0.3 is 5.69 Å². The van der Waals surface area contributed by atoms with E-state index in [2.05, 4.69) is 5.32 Å². The van der Waals surface area contributed by atoms with E-state index in [1.165, 1.54) is 11.7 Å². The first-order valence-corrected chi connectivity index (χ1v) is 10.6. The summed E-state index contributed by atoms with van der Waals surface area (Å²) in [6.07, 6.45) is 1.46. The van der Waals surface area contributed by atoms with Crippen LogP contribution in [0.15, 0.2) is 56.5 Å². The minimum atomic E-state index is -0.551. The summed E-state index contributed by atoms with van der Waals surface area (Å²) in [5.74, 6) is 0.0380. The number of carbonyl (C=O) groups excluding carboxylic acids is 1. The van der Waals surface area contributed by atoms with E-state index < -0.39 is 17.2 Å². The highest BCUT2D eigenvalue weighted by molar-refractivity contribution is 6.32. The molecule has 0 fully saturated rings. The van der Waals surface area contributed by atoms with Gasteiger partial charge in [0.15, 0.2) is 0 Å². The van der Waals surface area contributed by atoms with Crippen LogP contribution in [0, 0.1) is 0 Å². The molecule has 0 aliphatic rings. The van der Waals surface area contributed by atoms with E-state index >= 15 is 0 Å². The minimum Gasteiger partial charge on any atom is -0.495 e.